The summed E-state index contributed by atoms with van der Waals surface area (Å²) in [6.45, 7) is 0. The van der Waals surface area contributed by atoms with E-state index in [1.807, 2.05) is 48.5 Å². The van der Waals surface area contributed by atoms with Gasteiger partial charge in [0.1, 0.15) is 11.5 Å². The van der Waals surface area contributed by atoms with Gasteiger partial charge in [0.15, 0.2) is 0 Å². The minimum absolute atomic E-state index is 0.202. The van der Waals surface area contributed by atoms with E-state index in [0.29, 0.717) is 0 Å². The Kier molecular flexibility index (Phi) is 3.85. The van der Waals surface area contributed by atoms with Crippen LogP contribution in [0.2, 0.25) is 0 Å². The molecule has 0 heterocycles. The lowest BCUT2D eigenvalue weighted by atomic mass is 9.98. The molecule has 0 radical (unpaired) electrons. The van der Waals surface area contributed by atoms with Gasteiger partial charge in [0.25, 0.3) is 0 Å². The predicted octanol–water partition coefficient (Wildman–Crippen LogP) is 2.75. The van der Waals surface area contributed by atoms with Crippen LogP contribution >= 0.6 is 0 Å². The number of benzene rings is 2. The number of methoxy groups -OCH3 is 2. The molecule has 94 valence electrons. The zero-order chi connectivity index (χ0) is 13.0. The molecule has 2 rings (SSSR count). The highest BCUT2D eigenvalue weighted by molar-refractivity contribution is 5.45. The Morgan fingerprint density at radius 3 is 2.28 bits per heavy atom. The summed E-state index contributed by atoms with van der Waals surface area (Å²) in [6, 6.07) is 15.4. The average Bonchev–Trinajstić information content (AvgIpc) is 2.46. The molecule has 0 aromatic heterocycles. The maximum atomic E-state index is 6.26. The average molecular weight is 243 g/mol. The van der Waals surface area contributed by atoms with Crippen LogP contribution in [-0.2, 0) is 0 Å². The Hall–Kier alpha value is -2.00. The zero-order valence-corrected chi connectivity index (χ0v) is 10.6. The summed E-state index contributed by atoms with van der Waals surface area (Å²) < 4.78 is 10.5. The molecule has 3 heteroatoms. The first kappa shape index (κ1) is 12.5. The van der Waals surface area contributed by atoms with Gasteiger partial charge in [-0.3, -0.25) is 0 Å². The van der Waals surface area contributed by atoms with Gasteiger partial charge in [-0.1, -0.05) is 30.3 Å². The standard InChI is InChI=1S/C15H17NO2/c1-17-12-8-9-13(14(10-12)18-2)15(16)11-6-4-3-5-7-11/h3-10,15H,16H2,1-2H3/t15-/m0/s1. The Morgan fingerprint density at radius 2 is 1.67 bits per heavy atom. The van der Waals surface area contributed by atoms with E-state index in [2.05, 4.69) is 0 Å². The van der Waals surface area contributed by atoms with Gasteiger partial charge in [-0.25, -0.2) is 0 Å². The Bertz CT molecular complexity index is 511. The summed E-state index contributed by atoms with van der Waals surface area (Å²) in [4.78, 5) is 0. The fraction of sp³-hybridized carbons (Fsp3) is 0.200. The Balaban J connectivity index is 2.38. The second-order valence-corrected chi connectivity index (χ2v) is 4.00. The molecule has 18 heavy (non-hydrogen) atoms. The Morgan fingerprint density at radius 1 is 0.944 bits per heavy atom. The number of nitrogens with two attached hydrogens (primary N) is 1. The van der Waals surface area contributed by atoms with Crippen LogP contribution < -0.4 is 15.2 Å². The van der Waals surface area contributed by atoms with Crippen molar-refractivity contribution in [3.05, 3.63) is 59.7 Å². The van der Waals surface area contributed by atoms with Crippen LogP contribution in [0, 0.1) is 0 Å². The molecule has 0 spiro atoms. The van der Waals surface area contributed by atoms with Gasteiger partial charge in [0.2, 0.25) is 0 Å². The van der Waals surface area contributed by atoms with Crippen LogP contribution in [0.3, 0.4) is 0 Å². The summed E-state index contributed by atoms with van der Waals surface area (Å²) in [5.74, 6) is 1.50. The molecule has 0 saturated heterocycles. The lowest BCUT2D eigenvalue weighted by molar-refractivity contribution is 0.390. The molecule has 0 fully saturated rings. The highest BCUT2D eigenvalue weighted by Crippen LogP contribution is 2.31. The maximum Gasteiger partial charge on any atom is 0.127 e. The molecule has 2 aromatic carbocycles. The molecule has 0 aliphatic rings. The molecule has 0 aliphatic heterocycles. The van der Waals surface area contributed by atoms with Crippen LogP contribution in [0.15, 0.2) is 48.5 Å². The summed E-state index contributed by atoms with van der Waals surface area (Å²) in [7, 11) is 3.27. The summed E-state index contributed by atoms with van der Waals surface area (Å²) in [5.41, 5.74) is 8.27. The van der Waals surface area contributed by atoms with Gasteiger partial charge < -0.3 is 15.2 Å². The number of rotatable bonds is 4. The van der Waals surface area contributed by atoms with Crippen molar-refractivity contribution >= 4 is 0 Å². The van der Waals surface area contributed by atoms with E-state index in [9.17, 15) is 0 Å². The quantitative estimate of drug-likeness (QED) is 0.898. The first-order chi connectivity index (χ1) is 8.76. The van der Waals surface area contributed by atoms with Gasteiger partial charge in [-0.05, 0) is 17.7 Å². The smallest absolute Gasteiger partial charge is 0.127 e. The van der Waals surface area contributed by atoms with Gasteiger partial charge in [-0.15, -0.1) is 0 Å². The lowest BCUT2D eigenvalue weighted by Crippen LogP contribution is -2.13. The van der Waals surface area contributed by atoms with Crippen molar-refractivity contribution in [1.29, 1.82) is 0 Å². The molecular weight excluding hydrogens is 226 g/mol. The van der Waals surface area contributed by atoms with Crippen LogP contribution in [-0.4, -0.2) is 14.2 Å². The highest BCUT2D eigenvalue weighted by Gasteiger charge is 2.14. The summed E-state index contributed by atoms with van der Waals surface area (Å²) in [6.07, 6.45) is 0. The normalized spacial score (nSPS) is 11.9. The molecular formula is C15H17NO2. The highest BCUT2D eigenvalue weighted by atomic mass is 16.5. The second kappa shape index (κ2) is 5.56. The molecule has 0 bridgehead atoms. The predicted molar refractivity (Wildman–Crippen MR) is 72.0 cm³/mol. The van der Waals surface area contributed by atoms with Gasteiger partial charge in [0.05, 0.1) is 20.3 Å². The number of hydrogen-bond acceptors (Lipinski definition) is 3. The SMILES string of the molecule is COc1ccc([C@@H](N)c2ccccc2)c(OC)c1. The van der Waals surface area contributed by atoms with E-state index >= 15 is 0 Å². The van der Waals surface area contributed by atoms with Gasteiger partial charge in [0, 0.05) is 11.6 Å². The van der Waals surface area contributed by atoms with Crippen molar-refractivity contribution in [3.63, 3.8) is 0 Å². The third-order valence-corrected chi connectivity index (χ3v) is 2.93. The molecule has 2 N–H and O–H groups in total. The third kappa shape index (κ3) is 2.46. The minimum Gasteiger partial charge on any atom is -0.497 e. The molecule has 2 aromatic rings. The maximum absolute atomic E-state index is 6.26. The van der Waals surface area contributed by atoms with E-state index in [1.54, 1.807) is 14.2 Å². The molecule has 0 aliphatic carbocycles. The van der Waals surface area contributed by atoms with E-state index in [-0.39, 0.29) is 6.04 Å². The molecule has 0 amide bonds. The van der Waals surface area contributed by atoms with E-state index in [0.717, 1.165) is 22.6 Å². The second-order valence-electron chi connectivity index (χ2n) is 4.00. The van der Waals surface area contributed by atoms with Gasteiger partial charge in [-0.2, -0.15) is 0 Å². The van der Waals surface area contributed by atoms with Crippen molar-refractivity contribution in [2.24, 2.45) is 5.73 Å². The molecule has 0 saturated carbocycles. The fourth-order valence-electron chi connectivity index (χ4n) is 1.92. The summed E-state index contributed by atoms with van der Waals surface area (Å²) in [5, 5.41) is 0. The first-order valence-electron chi connectivity index (χ1n) is 5.78. The van der Waals surface area contributed by atoms with Crippen LogP contribution in [0.1, 0.15) is 17.2 Å². The van der Waals surface area contributed by atoms with Crippen molar-refractivity contribution in [1.82, 2.24) is 0 Å². The molecule has 0 unspecified atom stereocenters. The number of hydrogen-bond donors (Lipinski definition) is 1. The van der Waals surface area contributed by atoms with Crippen molar-refractivity contribution in [2.45, 2.75) is 6.04 Å². The third-order valence-electron chi connectivity index (χ3n) is 2.93. The monoisotopic (exact) mass is 243 g/mol. The van der Waals surface area contributed by atoms with E-state index < -0.39 is 0 Å². The number of ether oxygens (including phenoxy) is 2. The van der Waals surface area contributed by atoms with Crippen LogP contribution in [0.25, 0.3) is 0 Å². The topological polar surface area (TPSA) is 44.5 Å². The van der Waals surface area contributed by atoms with E-state index in [4.69, 9.17) is 15.2 Å². The van der Waals surface area contributed by atoms with Crippen LogP contribution in [0.5, 0.6) is 11.5 Å². The van der Waals surface area contributed by atoms with Crippen molar-refractivity contribution in [3.8, 4) is 11.5 Å². The first-order valence-corrected chi connectivity index (χ1v) is 5.78. The van der Waals surface area contributed by atoms with Crippen molar-refractivity contribution < 1.29 is 9.47 Å². The zero-order valence-electron chi connectivity index (χ0n) is 10.6. The largest absolute Gasteiger partial charge is 0.497 e. The lowest BCUT2D eigenvalue weighted by Gasteiger charge is -2.16. The van der Waals surface area contributed by atoms with E-state index in [1.165, 1.54) is 0 Å². The van der Waals surface area contributed by atoms with Crippen LogP contribution in [0.4, 0.5) is 0 Å². The molecule has 1 atom stereocenters. The fourth-order valence-corrected chi connectivity index (χ4v) is 1.92. The van der Waals surface area contributed by atoms with Crippen molar-refractivity contribution in [2.75, 3.05) is 14.2 Å². The van der Waals surface area contributed by atoms with Gasteiger partial charge >= 0.3 is 0 Å². The Labute approximate surface area is 107 Å². The summed E-state index contributed by atoms with van der Waals surface area (Å²) >= 11 is 0. The molecule has 3 nitrogen and oxygen atoms in total. The minimum atomic E-state index is -0.202.